The van der Waals surface area contributed by atoms with Crippen molar-refractivity contribution in [2.24, 2.45) is 0 Å². The number of likely N-dealkylation sites (tertiary alicyclic amines) is 1. The van der Waals surface area contributed by atoms with E-state index >= 15 is 0 Å². The Morgan fingerprint density at radius 1 is 1.50 bits per heavy atom. The summed E-state index contributed by atoms with van der Waals surface area (Å²) in [5.41, 5.74) is 1.06. The number of methoxy groups -OCH3 is 1. The van der Waals surface area contributed by atoms with Crippen molar-refractivity contribution in [1.82, 2.24) is 4.90 Å². The Bertz CT molecular complexity index is 461. The lowest BCUT2D eigenvalue weighted by molar-refractivity contribution is -0.134. The van der Waals surface area contributed by atoms with Crippen LogP contribution >= 0.6 is 0 Å². The predicted molar refractivity (Wildman–Crippen MR) is 77.8 cm³/mol. The zero-order valence-corrected chi connectivity index (χ0v) is 12.2. The van der Waals surface area contributed by atoms with Crippen LogP contribution in [0.5, 0.6) is 5.75 Å². The molecule has 0 aromatic heterocycles. The van der Waals surface area contributed by atoms with Crippen LogP contribution < -0.4 is 4.74 Å². The molecule has 1 amide bonds. The van der Waals surface area contributed by atoms with Crippen molar-refractivity contribution in [3.8, 4) is 5.75 Å². The van der Waals surface area contributed by atoms with E-state index in [1.807, 2.05) is 31.2 Å². The first-order valence-electron chi connectivity index (χ1n) is 7.20. The second kappa shape index (κ2) is 6.75. The van der Waals surface area contributed by atoms with Gasteiger partial charge in [0.05, 0.1) is 13.2 Å². The minimum atomic E-state index is -0.366. The molecule has 0 saturated carbocycles. The van der Waals surface area contributed by atoms with Crippen LogP contribution in [-0.2, 0) is 4.79 Å². The molecule has 1 aliphatic rings. The molecule has 1 heterocycles. The van der Waals surface area contributed by atoms with Gasteiger partial charge in [-0.25, -0.2) is 0 Å². The first-order chi connectivity index (χ1) is 9.61. The van der Waals surface area contributed by atoms with Crippen molar-refractivity contribution in [3.05, 3.63) is 29.8 Å². The molecule has 1 aliphatic heterocycles. The highest BCUT2D eigenvalue weighted by molar-refractivity contribution is 5.77. The van der Waals surface area contributed by atoms with Crippen molar-refractivity contribution in [1.29, 1.82) is 0 Å². The monoisotopic (exact) mass is 277 g/mol. The fourth-order valence-corrected chi connectivity index (χ4v) is 2.76. The average molecular weight is 277 g/mol. The first-order valence-corrected chi connectivity index (χ1v) is 7.20. The molecule has 20 heavy (non-hydrogen) atoms. The Hall–Kier alpha value is -1.55. The largest absolute Gasteiger partial charge is 0.496 e. The van der Waals surface area contributed by atoms with Gasteiger partial charge in [-0.1, -0.05) is 25.1 Å². The van der Waals surface area contributed by atoms with Crippen molar-refractivity contribution in [2.75, 3.05) is 20.2 Å². The molecular formula is C16H23NO3. The highest BCUT2D eigenvalue weighted by Gasteiger charge is 2.24. The van der Waals surface area contributed by atoms with Crippen LogP contribution in [0.1, 0.15) is 37.7 Å². The van der Waals surface area contributed by atoms with Crippen molar-refractivity contribution in [2.45, 2.75) is 38.2 Å². The Labute approximate surface area is 120 Å². The number of β-amino-alcohol motifs (C(OH)–C–C–N with tert-alkyl or cyclic N) is 1. The lowest BCUT2D eigenvalue weighted by atomic mass is 9.95. The van der Waals surface area contributed by atoms with E-state index in [2.05, 4.69) is 0 Å². The van der Waals surface area contributed by atoms with E-state index < -0.39 is 0 Å². The molecular weight excluding hydrogens is 254 g/mol. The van der Waals surface area contributed by atoms with Crippen molar-refractivity contribution in [3.63, 3.8) is 0 Å². The van der Waals surface area contributed by atoms with Crippen LogP contribution in [0.15, 0.2) is 24.3 Å². The van der Waals surface area contributed by atoms with Gasteiger partial charge in [-0.3, -0.25) is 4.79 Å². The van der Waals surface area contributed by atoms with Gasteiger partial charge in [0.1, 0.15) is 5.75 Å². The molecule has 4 heteroatoms. The van der Waals surface area contributed by atoms with Crippen LogP contribution in [0.2, 0.25) is 0 Å². The smallest absolute Gasteiger partial charge is 0.223 e. The lowest BCUT2D eigenvalue weighted by Gasteiger charge is -2.31. The number of nitrogens with zero attached hydrogens (tertiary/aromatic N) is 1. The third kappa shape index (κ3) is 3.51. The van der Waals surface area contributed by atoms with E-state index in [9.17, 15) is 9.90 Å². The van der Waals surface area contributed by atoms with Crippen molar-refractivity contribution < 1.29 is 14.6 Å². The van der Waals surface area contributed by atoms with E-state index in [0.717, 1.165) is 30.7 Å². The van der Waals surface area contributed by atoms with Crippen LogP contribution in [0.25, 0.3) is 0 Å². The van der Waals surface area contributed by atoms with Gasteiger partial charge in [-0.05, 0) is 30.4 Å². The standard InChI is InChI=1S/C16H23NO3/c1-12(14-7-3-4-8-15(14)20-2)10-16(19)17-9-5-6-13(18)11-17/h3-4,7-8,12-13,18H,5-6,9-11H2,1-2H3. The summed E-state index contributed by atoms with van der Waals surface area (Å²) in [6, 6.07) is 7.81. The maximum Gasteiger partial charge on any atom is 0.223 e. The Kier molecular flexibility index (Phi) is 5.01. The molecule has 1 fully saturated rings. The number of amides is 1. The topological polar surface area (TPSA) is 49.8 Å². The summed E-state index contributed by atoms with van der Waals surface area (Å²) >= 11 is 0. The van der Waals surface area contributed by atoms with Gasteiger partial charge in [0.25, 0.3) is 0 Å². The summed E-state index contributed by atoms with van der Waals surface area (Å²) in [7, 11) is 1.65. The van der Waals surface area contributed by atoms with Gasteiger partial charge in [0.15, 0.2) is 0 Å². The SMILES string of the molecule is COc1ccccc1C(C)CC(=O)N1CCCC(O)C1. The summed E-state index contributed by atoms with van der Waals surface area (Å²) in [6.45, 7) is 3.27. The quantitative estimate of drug-likeness (QED) is 0.917. The summed E-state index contributed by atoms with van der Waals surface area (Å²) in [5, 5.41) is 9.65. The summed E-state index contributed by atoms with van der Waals surface area (Å²) in [6.07, 6.45) is 1.77. The number of para-hydroxylation sites is 1. The van der Waals surface area contributed by atoms with Gasteiger partial charge < -0.3 is 14.7 Å². The zero-order chi connectivity index (χ0) is 14.5. The molecule has 4 nitrogen and oxygen atoms in total. The average Bonchev–Trinajstić information content (AvgIpc) is 2.47. The number of piperidine rings is 1. The number of rotatable bonds is 4. The molecule has 0 aliphatic carbocycles. The minimum Gasteiger partial charge on any atom is -0.496 e. The molecule has 110 valence electrons. The van der Waals surface area contributed by atoms with Crippen LogP contribution in [0.4, 0.5) is 0 Å². The molecule has 1 aromatic carbocycles. The molecule has 2 rings (SSSR count). The maximum atomic E-state index is 12.3. The molecule has 1 N–H and O–H groups in total. The van der Waals surface area contributed by atoms with E-state index in [-0.39, 0.29) is 17.9 Å². The van der Waals surface area contributed by atoms with E-state index in [1.165, 1.54) is 0 Å². The number of carbonyl (C=O) groups is 1. The zero-order valence-electron chi connectivity index (χ0n) is 12.2. The molecule has 2 atom stereocenters. The molecule has 1 aromatic rings. The number of carbonyl (C=O) groups excluding carboxylic acids is 1. The molecule has 1 saturated heterocycles. The Morgan fingerprint density at radius 2 is 2.25 bits per heavy atom. The second-order valence-corrected chi connectivity index (χ2v) is 5.48. The van der Waals surface area contributed by atoms with Crippen molar-refractivity contribution >= 4 is 5.91 Å². The third-order valence-corrected chi connectivity index (χ3v) is 3.90. The second-order valence-electron chi connectivity index (χ2n) is 5.48. The third-order valence-electron chi connectivity index (χ3n) is 3.90. The number of aliphatic hydroxyl groups excluding tert-OH is 1. The summed E-state index contributed by atoms with van der Waals surface area (Å²) in [4.78, 5) is 14.1. The number of hydrogen-bond donors (Lipinski definition) is 1. The van der Waals surface area contributed by atoms with Crippen LogP contribution in [-0.4, -0.2) is 42.2 Å². The Balaban J connectivity index is 2.00. The number of benzene rings is 1. The summed E-state index contributed by atoms with van der Waals surface area (Å²) in [5.74, 6) is 1.05. The molecule has 0 bridgehead atoms. The van der Waals surface area contributed by atoms with Gasteiger partial charge >= 0.3 is 0 Å². The maximum absolute atomic E-state index is 12.3. The highest BCUT2D eigenvalue weighted by Crippen LogP contribution is 2.29. The number of aliphatic hydroxyl groups is 1. The lowest BCUT2D eigenvalue weighted by Crippen LogP contribution is -2.42. The van der Waals surface area contributed by atoms with E-state index in [4.69, 9.17) is 4.74 Å². The minimum absolute atomic E-state index is 0.109. The van der Waals surface area contributed by atoms with E-state index in [1.54, 1.807) is 12.0 Å². The fourth-order valence-electron chi connectivity index (χ4n) is 2.76. The number of ether oxygens (including phenoxy) is 1. The van der Waals surface area contributed by atoms with Gasteiger partial charge in [-0.2, -0.15) is 0 Å². The van der Waals surface area contributed by atoms with Gasteiger partial charge in [-0.15, -0.1) is 0 Å². The van der Waals surface area contributed by atoms with Gasteiger partial charge in [0.2, 0.25) is 5.91 Å². The fraction of sp³-hybridized carbons (Fsp3) is 0.562. The molecule has 0 spiro atoms. The van der Waals surface area contributed by atoms with Gasteiger partial charge in [0, 0.05) is 19.5 Å². The van der Waals surface area contributed by atoms with Crippen LogP contribution in [0.3, 0.4) is 0 Å². The predicted octanol–water partition coefficient (Wildman–Crippen LogP) is 2.17. The van der Waals surface area contributed by atoms with Crippen LogP contribution in [0, 0.1) is 0 Å². The Morgan fingerprint density at radius 3 is 2.95 bits per heavy atom. The van der Waals surface area contributed by atoms with E-state index in [0.29, 0.717) is 13.0 Å². The first kappa shape index (κ1) is 14.9. The summed E-state index contributed by atoms with van der Waals surface area (Å²) < 4.78 is 5.35. The number of hydrogen-bond acceptors (Lipinski definition) is 3. The molecule has 2 unspecified atom stereocenters. The molecule has 0 radical (unpaired) electrons. The normalized spacial score (nSPS) is 20.6. The highest BCUT2D eigenvalue weighted by atomic mass is 16.5.